The third-order valence-corrected chi connectivity index (χ3v) is 3.55. The average Bonchev–Trinajstić information content (AvgIpc) is 2.56. The molecule has 0 aliphatic rings. The van der Waals surface area contributed by atoms with E-state index in [9.17, 15) is 9.18 Å². The lowest BCUT2D eigenvalue weighted by Gasteiger charge is -2.19. The molecular formula is C12H13ClFN3OS. The van der Waals surface area contributed by atoms with E-state index >= 15 is 0 Å². The number of aromatic amines is 1. The Kier molecular flexibility index (Phi) is 3.64. The summed E-state index contributed by atoms with van der Waals surface area (Å²) in [5, 5.41) is -0.0257. The summed E-state index contributed by atoms with van der Waals surface area (Å²) >= 11 is 11.0. The first-order valence-corrected chi connectivity index (χ1v) is 6.50. The van der Waals surface area contributed by atoms with Crippen molar-refractivity contribution in [3.05, 3.63) is 27.7 Å². The molecule has 1 atom stereocenters. The van der Waals surface area contributed by atoms with Gasteiger partial charge in [-0.25, -0.2) is 4.39 Å². The van der Waals surface area contributed by atoms with Crippen LogP contribution in [0.4, 0.5) is 4.39 Å². The number of nitrogens with two attached hydrogens (primary N) is 1. The Bertz CT molecular complexity index is 707. The summed E-state index contributed by atoms with van der Waals surface area (Å²) in [4.78, 5) is 14.5. The second-order valence-electron chi connectivity index (χ2n) is 4.67. The molecule has 0 radical (unpaired) electrons. The van der Waals surface area contributed by atoms with Gasteiger partial charge in [0.2, 0.25) is 5.91 Å². The lowest BCUT2D eigenvalue weighted by molar-refractivity contribution is -0.122. The molecule has 7 heteroatoms. The molecule has 2 rings (SSSR count). The van der Waals surface area contributed by atoms with Gasteiger partial charge in [-0.2, -0.15) is 0 Å². The van der Waals surface area contributed by atoms with Crippen molar-refractivity contribution in [1.29, 1.82) is 0 Å². The van der Waals surface area contributed by atoms with Crippen molar-refractivity contribution in [1.82, 2.24) is 9.55 Å². The number of rotatable bonds is 3. The number of nitrogens with zero attached hydrogens (tertiary/aromatic N) is 1. The number of imidazole rings is 1. The fraction of sp³-hybridized carbons (Fsp3) is 0.333. The minimum atomic E-state index is -0.609. The Morgan fingerprint density at radius 1 is 1.53 bits per heavy atom. The standard InChI is InChI=1S/C12H13ClFN3OS/c1-5(2)10(11(15)18)17-9-3-6(13)7(14)4-8(9)16-12(17)19/h3-5,10H,1-2H3,(H2,15,18)(H,16,19). The van der Waals surface area contributed by atoms with Crippen LogP contribution in [0.15, 0.2) is 12.1 Å². The number of carbonyl (C=O) groups is 1. The molecule has 2 aromatic rings. The van der Waals surface area contributed by atoms with Crippen molar-refractivity contribution in [2.75, 3.05) is 0 Å². The van der Waals surface area contributed by atoms with Gasteiger partial charge in [0.1, 0.15) is 11.9 Å². The molecule has 1 aromatic heterocycles. The fourth-order valence-electron chi connectivity index (χ4n) is 2.15. The molecule has 0 spiro atoms. The van der Waals surface area contributed by atoms with Crippen molar-refractivity contribution in [2.24, 2.45) is 11.7 Å². The topological polar surface area (TPSA) is 63.8 Å². The monoisotopic (exact) mass is 301 g/mol. The molecule has 19 heavy (non-hydrogen) atoms. The van der Waals surface area contributed by atoms with Gasteiger partial charge in [0.05, 0.1) is 16.1 Å². The van der Waals surface area contributed by atoms with E-state index in [4.69, 9.17) is 29.6 Å². The third-order valence-electron chi connectivity index (χ3n) is 2.96. The molecule has 1 aromatic carbocycles. The first-order chi connectivity index (χ1) is 8.82. The van der Waals surface area contributed by atoms with Gasteiger partial charge in [-0.15, -0.1) is 0 Å². The van der Waals surface area contributed by atoms with E-state index in [2.05, 4.69) is 4.98 Å². The van der Waals surface area contributed by atoms with Crippen molar-refractivity contribution < 1.29 is 9.18 Å². The Balaban J connectivity index is 2.79. The van der Waals surface area contributed by atoms with Crippen molar-refractivity contribution in [3.8, 4) is 0 Å². The van der Waals surface area contributed by atoms with Gasteiger partial charge in [-0.1, -0.05) is 25.4 Å². The second-order valence-corrected chi connectivity index (χ2v) is 5.47. The normalized spacial score (nSPS) is 13.1. The fourth-order valence-corrected chi connectivity index (χ4v) is 2.63. The maximum Gasteiger partial charge on any atom is 0.240 e. The molecule has 0 bridgehead atoms. The van der Waals surface area contributed by atoms with E-state index in [1.165, 1.54) is 12.1 Å². The lowest BCUT2D eigenvalue weighted by Crippen LogP contribution is -2.30. The van der Waals surface area contributed by atoms with Gasteiger partial charge < -0.3 is 15.3 Å². The van der Waals surface area contributed by atoms with Crippen molar-refractivity contribution >= 4 is 40.8 Å². The van der Waals surface area contributed by atoms with Crippen LogP contribution in [0, 0.1) is 16.5 Å². The summed E-state index contributed by atoms with van der Waals surface area (Å²) in [6.45, 7) is 3.72. The first kappa shape index (κ1) is 14.0. The van der Waals surface area contributed by atoms with Gasteiger partial charge >= 0.3 is 0 Å². The van der Waals surface area contributed by atoms with Crippen molar-refractivity contribution in [2.45, 2.75) is 19.9 Å². The summed E-state index contributed by atoms with van der Waals surface area (Å²) in [5.41, 5.74) is 6.48. The maximum atomic E-state index is 13.4. The number of amides is 1. The van der Waals surface area contributed by atoms with Crippen LogP contribution in [-0.2, 0) is 4.79 Å². The Hall–Kier alpha value is -1.40. The number of H-pyrrole nitrogens is 1. The van der Waals surface area contributed by atoms with Gasteiger partial charge in [0.15, 0.2) is 4.77 Å². The highest BCUT2D eigenvalue weighted by atomic mass is 35.5. The molecule has 0 saturated carbocycles. The predicted molar refractivity (Wildman–Crippen MR) is 75.2 cm³/mol. The molecule has 3 N–H and O–H groups in total. The Labute approximate surface area is 119 Å². The van der Waals surface area contributed by atoms with Crippen LogP contribution in [-0.4, -0.2) is 15.5 Å². The average molecular weight is 302 g/mol. The number of primary amides is 1. The van der Waals surface area contributed by atoms with Gasteiger partial charge in [-0.3, -0.25) is 4.79 Å². The quantitative estimate of drug-likeness (QED) is 0.855. The molecule has 4 nitrogen and oxygen atoms in total. The van der Waals surface area contributed by atoms with Gasteiger partial charge in [-0.05, 0) is 24.2 Å². The summed E-state index contributed by atoms with van der Waals surface area (Å²) in [7, 11) is 0. The molecule has 1 heterocycles. The van der Waals surface area contributed by atoms with Crippen LogP contribution in [0.1, 0.15) is 19.9 Å². The van der Waals surface area contributed by atoms with Gasteiger partial charge in [0.25, 0.3) is 0 Å². The molecule has 0 aliphatic heterocycles. The number of nitrogens with one attached hydrogen (secondary N) is 1. The maximum absolute atomic E-state index is 13.4. The minimum absolute atomic E-state index is 0.0257. The molecule has 102 valence electrons. The molecule has 1 unspecified atom stereocenters. The van der Waals surface area contributed by atoms with Crippen molar-refractivity contribution in [3.63, 3.8) is 0 Å². The summed E-state index contributed by atoms with van der Waals surface area (Å²) < 4.78 is 15.3. The van der Waals surface area contributed by atoms with Gasteiger partial charge in [0, 0.05) is 6.07 Å². The number of benzene rings is 1. The van der Waals surface area contributed by atoms with Crippen LogP contribution in [0.25, 0.3) is 11.0 Å². The Morgan fingerprint density at radius 3 is 2.68 bits per heavy atom. The zero-order chi connectivity index (χ0) is 14.3. The molecule has 0 aliphatic carbocycles. The number of aromatic nitrogens is 2. The predicted octanol–water partition coefficient (Wildman–Crippen LogP) is 3.17. The van der Waals surface area contributed by atoms with Crippen LogP contribution < -0.4 is 5.73 Å². The van der Waals surface area contributed by atoms with E-state index in [1.807, 2.05) is 13.8 Å². The zero-order valence-electron chi connectivity index (χ0n) is 10.4. The highest BCUT2D eigenvalue weighted by Crippen LogP contribution is 2.28. The lowest BCUT2D eigenvalue weighted by atomic mass is 10.0. The zero-order valence-corrected chi connectivity index (χ0v) is 12.0. The van der Waals surface area contributed by atoms with E-state index in [-0.39, 0.29) is 10.9 Å². The van der Waals surface area contributed by atoms with Crippen LogP contribution >= 0.6 is 23.8 Å². The minimum Gasteiger partial charge on any atom is -0.368 e. The number of hydrogen-bond donors (Lipinski definition) is 2. The molecule has 0 saturated heterocycles. The number of fused-ring (bicyclic) bond motifs is 1. The molecular weight excluding hydrogens is 289 g/mol. The highest BCUT2D eigenvalue weighted by molar-refractivity contribution is 7.71. The van der Waals surface area contributed by atoms with E-state index in [0.29, 0.717) is 15.8 Å². The number of hydrogen-bond acceptors (Lipinski definition) is 2. The van der Waals surface area contributed by atoms with Crippen LogP contribution in [0.3, 0.4) is 0 Å². The van der Waals surface area contributed by atoms with Crippen LogP contribution in [0.2, 0.25) is 5.02 Å². The third kappa shape index (κ3) is 2.37. The smallest absolute Gasteiger partial charge is 0.240 e. The van der Waals surface area contributed by atoms with E-state index < -0.39 is 17.8 Å². The SMILES string of the molecule is CC(C)C(C(N)=O)n1c(=S)[nH]c2cc(F)c(Cl)cc21. The summed E-state index contributed by atoms with van der Waals surface area (Å²) in [6.07, 6.45) is 0. The number of halogens is 2. The van der Waals surface area contributed by atoms with Crippen LogP contribution in [0.5, 0.6) is 0 Å². The van der Waals surface area contributed by atoms with E-state index in [0.717, 1.165) is 0 Å². The highest BCUT2D eigenvalue weighted by Gasteiger charge is 2.24. The summed E-state index contributed by atoms with van der Waals surface area (Å²) in [5.74, 6) is -1.09. The molecule has 1 amide bonds. The van der Waals surface area contributed by atoms with E-state index in [1.54, 1.807) is 4.57 Å². The first-order valence-electron chi connectivity index (χ1n) is 5.71. The second kappa shape index (κ2) is 4.94. The summed E-state index contributed by atoms with van der Waals surface area (Å²) in [6, 6.07) is 2.09. The Morgan fingerprint density at radius 2 is 2.16 bits per heavy atom. The number of carbonyl (C=O) groups excluding carboxylic acids is 1. The molecule has 0 fully saturated rings. The largest absolute Gasteiger partial charge is 0.368 e.